The van der Waals surface area contributed by atoms with Crippen molar-refractivity contribution in [1.82, 2.24) is 9.80 Å². The predicted molar refractivity (Wildman–Crippen MR) is 117 cm³/mol. The Bertz CT molecular complexity index is 838. The summed E-state index contributed by atoms with van der Waals surface area (Å²) in [7, 11) is 5.21. The maximum atomic E-state index is 13.0. The number of hydrogen-bond donors (Lipinski definition) is 0. The topological polar surface area (TPSA) is 51.2 Å². The molecule has 1 aliphatic heterocycles. The van der Waals surface area contributed by atoms with E-state index in [1.165, 1.54) is 5.56 Å². The van der Waals surface area contributed by atoms with Gasteiger partial charge in [-0.15, -0.1) is 0 Å². The first-order chi connectivity index (χ1) is 14.5. The highest BCUT2D eigenvalue weighted by atomic mass is 16.5. The number of carbonyl (C=O) groups is 1. The Morgan fingerprint density at radius 3 is 2.53 bits per heavy atom. The fraction of sp³-hybridized carbons (Fsp3) is 0.458. The van der Waals surface area contributed by atoms with E-state index in [4.69, 9.17) is 14.2 Å². The number of likely N-dealkylation sites (N-methyl/N-ethyl adjacent to an activating group) is 1. The molecule has 0 bridgehead atoms. The van der Waals surface area contributed by atoms with E-state index >= 15 is 0 Å². The van der Waals surface area contributed by atoms with Crippen LogP contribution in [0.1, 0.15) is 30.0 Å². The van der Waals surface area contributed by atoms with Crippen LogP contribution in [0.5, 0.6) is 17.2 Å². The van der Waals surface area contributed by atoms with Crippen LogP contribution < -0.4 is 14.2 Å². The maximum Gasteiger partial charge on any atom is 0.237 e. The number of aryl methyl sites for hydroxylation is 1. The quantitative estimate of drug-likeness (QED) is 0.629. The molecule has 0 aromatic heterocycles. The van der Waals surface area contributed by atoms with Crippen LogP contribution in [-0.2, 0) is 4.79 Å². The minimum absolute atomic E-state index is 0.0783. The summed E-state index contributed by atoms with van der Waals surface area (Å²) < 4.78 is 16.5. The van der Waals surface area contributed by atoms with Gasteiger partial charge in [-0.2, -0.15) is 0 Å². The minimum atomic E-state index is 0.0783. The van der Waals surface area contributed by atoms with Gasteiger partial charge in [0.05, 0.1) is 26.8 Å². The van der Waals surface area contributed by atoms with Crippen LogP contribution in [-0.4, -0.2) is 63.2 Å². The van der Waals surface area contributed by atoms with Crippen molar-refractivity contribution in [2.75, 3.05) is 47.5 Å². The Kier molecular flexibility index (Phi) is 7.57. The molecule has 6 nitrogen and oxygen atoms in total. The number of nitrogens with zero attached hydrogens (tertiary/aromatic N) is 2. The lowest BCUT2D eigenvalue weighted by Gasteiger charge is -2.28. The molecule has 0 saturated carbocycles. The first-order valence-electron chi connectivity index (χ1n) is 10.4. The van der Waals surface area contributed by atoms with Gasteiger partial charge in [0.15, 0.2) is 11.5 Å². The number of hydrogen-bond acceptors (Lipinski definition) is 5. The zero-order valence-electron chi connectivity index (χ0n) is 18.4. The van der Waals surface area contributed by atoms with Gasteiger partial charge >= 0.3 is 0 Å². The van der Waals surface area contributed by atoms with E-state index in [1.54, 1.807) is 14.2 Å². The summed E-state index contributed by atoms with van der Waals surface area (Å²) in [6.07, 6.45) is 1.96. The number of amides is 1. The normalized spacial score (nSPS) is 16.0. The first-order valence-corrected chi connectivity index (χ1v) is 10.4. The van der Waals surface area contributed by atoms with Crippen molar-refractivity contribution in [3.63, 3.8) is 0 Å². The molecular formula is C24H32N2O4. The monoisotopic (exact) mass is 412 g/mol. The summed E-state index contributed by atoms with van der Waals surface area (Å²) in [4.78, 5) is 17.0. The van der Waals surface area contributed by atoms with Gasteiger partial charge in [-0.3, -0.25) is 9.69 Å². The first kappa shape index (κ1) is 22.0. The fourth-order valence-electron chi connectivity index (χ4n) is 3.83. The lowest BCUT2D eigenvalue weighted by atomic mass is 10.0. The third kappa shape index (κ3) is 5.45. The predicted octanol–water partition coefficient (Wildman–Crippen LogP) is 3.69. The molecule has 0 spiro atoms. The van der Waals surface area contributed by atoms with Crippen molar-refractivity contribution in [2.45, 2.75) is 25.8 Å². The molecule has 1 fully saturated rings. The molecule has 30 heavy (non-hydrogen) atoms. The highest BCUT2D eigenvalue weighted by Gasteiger charge is 2.30. The van der Waals surface area contributed by atoms with Gasteiger partial charge in [-0.05, 0) is 56.6 Å². The standard InChI is InChI=1S/C24H32N2O4/c1-18-7-10-20(11-8-18)30-15-14-25(2)17-24(27)26-13-5-6-21(26)19-9-12-22(28-3)23(16-19)29-4/h7-12,16,21H,5-6,13-15,17H2,1-4H3. The Morgan fingerprint density at radius 2 is 1.83 bits per heavy atom. The number of likely N-dealkylation sites (tertiary alicyclic amines) is 1. The van der Waals surface area contributed by atoms with Crippen LogP contribution in [0.15, 0.2) is 42.5 Å². The molecule has 2 aromatic rings. The Morgan fingerprint density at radius 1 is 1.10 bits per heavy atom. The Hall–Kier alpha value is -2.73. The third-order valence-corrected chi connectivity index (χ3v) is 5.53. The minimum Gasteiger partial charge on any atom is -0.493 e. The van der Waals surface area contributed by atoms with Gasteiger partial charge in [-0.25, -0.2) is 0 Å². The van der Waals surface area contributed by atoms with Crippen molar-refractivity contribution in [3.8, 4) is 17.2 Å². The van der Waals surface area contributed by atoms with Gasteiger partial charge < -0.3 is 19.1 Å². The summed E-state index contributed by atoms with van der Waals surface area (Å²) in [5, 5.41) is 0. The Labute approximate surface area is 179 Å². The molecule has 0 N–H and O–H groups in total. The molecule has 0 radical (unpaired) electrons. The van der Waals surface area contributed by atoms with Gasteiger partial charge in [0.2, 0.25) is 5.91 Å². The molecule has 1 saturated heterocycles. The second-order valence-electron chi connectivity index (χ2n) is 7.76. The zero-order chi connectivity index (χ0) is 21.5. The summed E-state index contributed by atoms with van der Waals surface area (Å²) in [6.45, 7) is 4.45. The number of benzene rings is 2. The van der Waals surface area contributed by atoms with E-state index in [0.717, 1.165) is 30.7 Å². The maximum absolute atomic E-state index is 13.0. The van der Waals surface area contributed by atoms with E-state index < -0.39 is 0 Å². The molecule has 0 aliphatic carbocycles. The molecule has 1 unspecified atom stereocenters. The van der Waals surface area contributed by atoms with Crippen LogP contribution in [0.4, 0.5) is 0 Å². The van der Waals surface area contributed by atoms with E-state index in [9.17, 15) is 4.79 Å². The van der Waals surface area contributed by atoms with Crippen LogP contribution in [0.3, 0.4) is 0 Å². The molecule has 1 heterocycles. The van der Waals surface area contributed by atoms with Gasteiger partial charge in [-0.1, -0.05) is 23.8 Å². The molecule has 1 amide bonds. The SMILES string of the molecule is COc1ccc(C2CCCN2C(=O)CN(C)CCOc2ccc(C)cc2)cc1OC. The average molecular weight is 413 g/mol. The zero-order valence-corrected chi connectivity index (χ0v) is 18.4. The lowest BCUT2D eigenvalue weighted by Crippen LogP contribution is -2.39. The molecule has 3 rings (SSSR count). The summed E-state index contributed by atoms with van der Waals surface area (Å²) in [6, 6.07) is 14.0. The fourth-order valence-corrected chi connectivity index (χ4v) is 3.83. The second-order valence-corrected chi connectivity index (χ2v) is 7.76. The Balaban J connectivity index is 1.54. The van der Waals surface area contributed by atoms with Crippen molar-refractivity contribution in [2.24, 2.45) is 0 Å². The van der Waals surface area contributed by atoms with Crippen LogP contribution in [0, 0.1) is 6.92 Å². The number of methoxy groups -OCH3 is 2. The van der Waals surface area contributed by atoms with Crippen molar-refractivity contribution < 1.29 is 19.0 Å². The molecule has 1 atom stereocenters. The summed E-state index contributed by atoms with van der Waals surface area (Å²) in [5.74, 6) is 2.39. The number of carbonyl (C=O) groups excluding carboxylic acids is 1. The molecule has 6 heteroatoms. The molecule has 162 valence electrons. The molecule has 2 aromatic carbocycles. The van der Waals surface area contributed by atoms with E-state index in [-0.39, 0.29) is 11.9 Å². The van der Waals surface area contributed by atoms with E-state index in [0.29, 0.717) is 31.2 Å². The van der Waals surface area contributed by atoms with Crippen LogP contribution >= 0.6 is 0 Å². The van der Waals surface area contributed by atoms with E-state index in [1.807, 2.05) is 59.3 Å². The number of ether oxygens (including phenoxy) is 3. The van der Waals surface area contributed by atoms with Gasteiger partial charge in [0, 0.05) is 13.1 Å². The van der Waals surface area contributed by atoms with Crippen LogP contribution in [0.25, 0.3) is 0 Å². The average Bonchev–Trinajstić information content (AvgIpc) is 3.24. The van der Waals surface area contributed by atoms with Crippen molar-refractivity contribution in [1.29, 1.82) is 0 Å². The van der Waals surface area contributed by atoms with Crippen LogP contribution in [0.2, 0.25) is 0 Å². The van der Waals surface area contributed by atoms with Crippen molar-refractivity contribution >= 4 is 5.91 Å². The highest BCUT2D eigenvalue weighted by Crippen LogP contribution is 2.36. The van der Waals surface area contributed by atoms with E-state index in [2.05, 4.69) is 6.92 Å². The number of rotatable bonds is 9. The largest absolute Gasteiger partial charge is 0.493 e. The third-order valence-electron chi connectivity index (χ3n) is 5.53. The molecule has 1 aliphatic rings. The smallest absolute Gasteiger partial charge is 0.237 e. The summed E-state index contributed by atoms with van der Waals surface area (Å²) in [5.41, 5.74) is 2.29. The van der Waals surface area contributed by atoms with Gasteiger partial charge in [0.1, 0.15) is 12.4 Å². The molecular weight excluding hydrogens is 380 g/mol. The van der Waals surface area contributed by atoms with Crippen molar-refractivity contribution in [3.05, 3.63) is 53.6 Å². The highest BCUT2D eigenvalue weighted by molar-refractivity contribution is 5.79. The van der Waals surface area contributed by atoms with Gasteiger partial charge in [0.25, 0.3) is 0 Å². The lowest BCUT2D eigenvalue weighted by molar-refractivity contribution is -0.133. The second kappa shape index (κ2) is 10.3. The summed E-state index contributed by atoms with van der Waals surface area (Å²) >= 11 is 0.